The van der Waals surface area contributed by atoms with Gasteiger partial charge in [-0.3, -0.25) is 9.59 Å². The fourth-order valence-electron chi connectivity index (χ4n) is 8.44. The zero-order valence-corrected chi connectivity index (χ0v) is 26.3. The molecular weight excluding hydrogens is 541 g/mol. The second-order valence-electron chi connectivity index (χ2n) is 14.5. The number of aliphatic hydroxyl groups is 1. The van der Waals surface area contributed by atoms with E-state index < -0.39 is 25.1 Å². The van der Waals surface area contributed by atoms with Crippen LogP contribution in [-0.2, 0) is 23.6 Å². The molecule has 7 atom stereocenters. The average molecular weight is 588 g/mol. The molecule has 2 aromatic rings. The molecule has 4 fully saturated rings. The van der Waals surface area contributed by atoms with Crippen LogP contribution in [0.1, 0.15) is 84.3 Å². The van der Waals surface area contributed by atoms with Gasteiger partial charge in [-0.15, -0.1) is 0 Å². The summed E-state index contributed by atoms with van der Waals surface area (Å²) in [5.74, 6) is -0.956. The predicted molar refractivity (Wildman–Crippen MR) is 166 cm³/mol. The fourth-order valence-corrected chi connectivity index (χ4v) is 8.44. The molecule has 1 aliphatic heterocycles. The van der Waals surface area contributed by atoms with Crippen LogP contribution in [0.3, 0.4) is 0 Å². The van der Waals surface area contributed by atoms with Gasteiger partial charge in [0.05, 0.1) is 36.1 Å². The molecule has 4 aliphatic carbocycles. The van der Waals surface area contributed by atoms with Crippen LogP contribution in [0.25, 0.3) is 11.1 Å². The Kier molecular flexibility index (Phi) is 8.02. The number of hydrogen-bond acceptors (Lipinski definition) is 6. The second-order valence-corrected chi connectivity index (χ2v) is 14.5. The number of rotatable bonds is 10. The lowest BCUT2D eigenvalue weighted by Gasteiger charge is -2.64. The normalized spacial score (nSPS) is 28.7. The molecule has 5 aliphatic rings. The molecule has 0 unspecified atom stereocenters. The zero-order valence-electron chi connectivity index (χ0n) is 26.3. The van der Waals surface area contributed by atoms with E-state index in [4.69, 9.17) is 14.0 Å². The fraction of sp³-hybridized carbons (Fsp3) is 0.600. The van der Waals surface area contributed by atoms with Crippen molar-refractivity contribution in [1.29, 1.82) is 0 Å². The molecule has 43 heavy (non-hydrogen) atoms. The van der Waals surface area contributed by atoms with Gasteiger partial charge in [0, 0.05) is 5.92 Å². The standard InChI is InChI=1S/C35H46BNO6/c1-20(2)15-31(36-42-30-17-22-16-29(34(22,4)5)35(30,6)43-36)37-33(40)27(21(3)38)18-32(39)41-19-28-25-13-9-7-11-23(25)24-12-8-10-14-26(24)28/h7-14,20-22,27-31,38H,15-19H2,1-6H3,(H,37,40)/t21-,22+,27+,29+,30-,31+,35+/m1/s1. The Hall–Kier alpha value is -2.68. The molecule has 2 aromatic carbocycles. The van der Waals surface area contributed by atoms with Gasteiger partial charge >= 0.3 is 13.1 Å². The van der Waals surface area contributed by atoms with Crippen molar-refractivity contribution in [3.05, 3.63) is 59.7 Å². The number of amides is 1. The van der Waals surface area contributed by atoms with Gasteiger partial charge in [0.25, 0.3) is 0 Å². The van der Waals surface area contributed by atoms with E-state index in [0.717, 1.165) is 35.1 Å². The van der Waals surface area contributed by atoms with E-state index in [9.17, 15) is 14.7 Å². The van der Waals surface area contributed by atoms with Gasteiger partial charge in [-0.05, 0) is 78.5 Å². The molecule has 2 bridgehead atoms. The Bertz CT molecular complexity index is 1330. The topological polar surface area (TPSA) is 94.1 Å². The first-order valence-corrected chi connectivity index (χ1v) is 16.1. The van der Waals surface area contributed by atoms with E-state index in [0.29, 0.717) is 18.3 Å². The van der Waals surface area contributed by atoms with Crippen molar-refractivity contribution < 1.29 is 28.7 Å². The minimum absolute atomic E-state index is 0.00854. The number of carbonyl (C=O) groups excluding carboxylic acids is 2. The van der Waals surface area contributed by atoms with Gasteiger partial charge in [0.15, 0.2) is 0 Å². The lowest BCUT2D eigenvalue weighted by Crippen LogP contribution is -2.65. The number of ether oxygens (including phenoxy) is 1. The first-order valence-electron chi connectivity index (χ1n) is 16.1. The maximum Gasteiger partial charge on any atom is 0.481 e. The van der Waals surface area contributed by atoms with Crippen LogP contribution in [0.2, 0.25) is 0 Å². The van der Waals surface area contributed by atoms with E-state index >= 15 is 0 Å². The summed E-state index contributed by atoms with van der Waals surface area (Å²) in [4.78, 5) is 26.8. The Labute approximate surface area is 256 Å². The third kappa shape index (κ3) is 5.34. The number of carbonyl (C=O) groups is 2. The zero-order chi connectivity index (χ0) is 30.7. The van der Waals surface area contributed by atoms with Crippen molar-refractivity contribution in [3.8, 4) is 11.1 Å². The van der Waals surface area contributed by atoms with E-state index in [1.807, 2.05) is 24.3 Å². The Morgan fingerprint density at radius 1 is 1.02 bits per heavy atom. The highest BCUT2D eigenvalue weighted by Crippen LogP contribution is 2.65. The van der Waals surface area contributed by atoms with Gasteiger partial charge in [0.1, 0.15) is 6.61 Å². The van der Waals surface area contributed by atoms with Crippen molar-refractivity contribution >= 4 is 19.0 Å². The lowest BCUT2D eigenvalue weighted by molar-refractivity contribution is -0.199. The van der Waals surface area contributed by atoms with E-state index in [-0.39, 0.29) is 53.8 Å². The van der Waals surface area contributed by atoms with Gasteiger partial charge in [-0.1, -0.05) is 76.2 Å². The summed E-state index contributed by atoms with van der Waals surface area (Å²) < 4.78 is 19.0. The van der Waals surface area contributed by atoms with Gasteiger partial charge in [0.2, 0.25) is 5.91 Å². The molecule has 0 aromatic heterocycles. The molecule has 7 nitrogen and oxygen atoms in total. The number of benzene rings is 2. The quantitative estimate of drug-likeness (QED) is 0.281. The summed E-state index contributed by atoms with van der Waals surface area (Å²) >= 11 is 0. The third-order valence-corrected chi connectivity index (χ3v) is 11.0. The Morgan fingerprint density at radius 2 is 1.65 bits per heavy atom. The summed E-state index contributed by atoms with van der Waals surface area (Å²) in [6, 6.07) is 16.4. The van der Waals surface area contributed by atoms with Crippen LogP contribution in [0.4, 0.5) is 0 Å². The number of esters is 1. The van der Waals surface area contributed by atoms with E-state index in [2.05, 4.69) is 64.2 Å². The Balaban J connectivity index is 1.11. The van der Waals surface area contributed by atoms with Gasteiger partial charge < -0.3 is 24.5 Å². The van der Waals surface area contributed by atoms with Crippen LogP contribution in [-0.4, -0.2) is 54.5 Å². The first-order chi connectivity index (χ1) is 20.4. The molecule has 230 valence electrons. The van der Waals surface area contributed by atoms with Crippen LogP contribution in [0.5, 0.6) is 0 Å². The maximum atomic E-state index is 13.6. The minimum Gasteiger partial charge on any atom is -0.465 e. The highest BCUT2D eigenvalue weighted by atomic mass is 16.7. The van der Waals surface area contributed by atoms with Gasteiger partial charge in [-0.25, -0.2) is 0 Å². The molecule has 7 rings (SSSR count). The summed E-state index contributed by atoms with van der Waals surface area (Å²) in [5, 5.41) is 13.7. The van der Waals surface area contributed by atoms with Crippen LogP contribution >= 0.6 is 0 Å². The van der Waals surface area contributed by atoms with Gasteiger partial charge in [-0.2, -0.15) is 0 Å². The molecule has 8 heteroatoms. The van der Waals surface area contributed by atoms with Crippen LogP contribution in [0.15, 0.2) is 48.5 Å². The third-order valence-electron chi connectivity index (χ3n) is 11.0. The average Bonchev–Trinajstić information content (AvgIpc) is 3.48. The molecule has 1 saturated heterocycles. The van der Waals surface area contributed by atoms with Crippen molar-refractivity contribution in [1.82, 2.24) is 5.32 Å². The Morgan fingerprint density at radius 3 is 2.23 bits per heavy atom. The van der Waals surface area contributed by atoms with Crippen molar-refractivity contribution in [2.75, 3.05) is 6.61 Å². The molecule has 1 amide bonds. The maximum absolute atomic E-state index is 13.6. The van der Waals surface area contributed by atoms with E-state index in [1.54, 1.807) is 6.92 Å². The molecule has 3 saturated carbocycles. The minimum atomic E-state index is -1.03. The number of fused-ring (bicyclic) bond motifs is 3. The van der Waals surface area contributed by atoms with Crippen LogP contribution in [0, 0.1) is 29.1 Å². The smallest absolute Gasteiger partial charge is 0.465 e. The van der Waals surface area contributed by atoms with E-state index in [1.165, 1.54) is 0 Å². The van der Waals surface area contributed by atoms with Crippen LogP contribution < -0.4 is 5.32 Å². The number of nitrogens with one attached hydrogen (secondary N) is 1. The largest absolute Gasteiger partial charge is 0.481 e. The lowest BCUT2D eigenvalue weighted by atomic mass is 9.43. The first kappa shape index (κ1) is 30.4. The highest BCUT2D eigenvalue weighted by Gasteiger charge is 2.68. The SMILES string of the molecule is CC(C)C[C@H](NC(=O)[C@@H](CC(=O)OCC1c2ccccc2-c2ccccc21)[C@@H](C)O)B1O[C@@H]2C[C@@H]3C[C@@H](C3(C)C)[C@]2(C)O1. The summed E-state index contributed by atoms with van der Waals surface area (Å²) in [7, 11) is -0.569. The molecule has 2 N–H and O–H groups in total. The summed E-state index contributed by atoms with van der Waals surface area (Å²) in [6.45, 7) is 12.8. The van der Waals surface area contributed by atoms with Crippen molar-refractivity contribution in [3.63, 3.8) is 0 Å². The number of aliphatic hydroxyl groups excluding tert-OH is 1. The summed E-state index contributed by atoms with van der Waals surface area (Å²) in [6.07, 6.45) is 1.55. The molecule has 1 heterocycles. The monoisotopic (exact) mass is 587 g/mol. The molecule has 0 spiro atoms. The predicted octanol–water partition coefficient (Wildman–Crippen LogP) is 5.53. The molecule has 0 radical (unpaired) electrons. The molecular formula is C35H46BNO6. The second kappa shape index (κ2) is 11.4. The highest BCUT2D eigenvalue weighted by molar-refractivity contribution is 6.47. The summed E-state index contributed by atoms with van der Waals surface area (Å²) in [5.41, 5.74) is 4.41. The number of hydrogen-bond donors (Lipinski definition) is 2. The van der Waals surface area contributed by atoms with Crippen molar-refractivity contribution in [2.24, 2.45) is 29.1 Å². The van der Waals surface area contributed by atoms with Crippen molar-refractivity contribution in [2.45, 2.75) is 96.9 Å².